The van der Waals surface area contributed by atoms with Crippen LogP contribution in [0.3, 0.4) is 0 Å². The molecule has 0 aromatic rings. The smallest absolute Gasteiger partial charge is 0.450 e. The molecule has 0 aromatic carbocycles. The van der Waals surface area contributed by atoms with Gasteiger partial charge in [-0.1, -0.05) is 0 Å². The number of hydrogen-bond acceptors (Lipinski definition) is 1. The van der Waals surface area contributed by atoms with E-state index in [0.29, 0.717) is 0 Å². The zero-order valence-corrected chi connectivity index (χ0v) is 4.03. The summed E-state index contributed by atoms with van der Waals surface area (Å²) in [7, 11) is 0. The molecule has 0 aliphatic heterocycles. The van der Waals surface area contributed by atoms with E-state index < -0.39 is 6.16 Å². The molecule has 4 radical (unpaired) electrons. The van der Waals surface area contributed by atoms with E-state index >= 15 is 0 Å². The molecular weight excluding hydrogens is 99.0 g/mol. The summed E-state index contributed by atoms with van der Waals surface area (Å²) in [6, 6.07) is 0. The maximum absolute atomic E-state index is 8.56. The second kappa shape index (κ2) is 8.96. The van der Waals surface area contributed by atoms with Crippen LogP contribution >= 0.6 is 0 Å². The molecule has 6 heavy (non-hydrogen) atoms. The van der Waals surface area contributed by atoms with Gasteiger partial charge in [0.25, 0.3) is 0 Å². The van der Waals surface area contributed by atoms with Crippen molar-refractivity contribution in [2.24, 2.45) is 0 Å². The van der Waals surface area contributed by atoms with E-state index in [1.54, 1.807) is 0 Å². The Labute approximate surface area is 54.0 Å². The Balaban J connectivity index is -0.0000000450. The Hall–Kier alpha value is 0.217. The Morgan fingerprint density at radius 2 is 1.33 bits per heavy atom. The van der Waals surface area contributed by atoms with Crippen LogP contribution in [-0.2, 0) is 13.5 Å². The summed E-state index contributed by atoms with van der Waals surface area (Å²) in [5, 5.41) is 13.9. The normalized spacial score (nSPS) is 4.00. The van der Waals surface area contributed by atoms with Crippen molar-refractivity contribution < 1.29 is 33.9 Å². The van der Waals surface area contributed by atoms with Gasteiger partial charge >= 0.3 is 38.5 Å². The molecule has 0 spiro atoms. The SMILES string of the molecule is O=C(O)O.[Li+].[S+2]. The van der Waals surface area contributed by atoms with Gasteiger partial charge in [-0.15, -0.1) is 0 Å². The van der Waals surface area contributed by atoms with Gasteiger partial charge < -0.3 is 10.2 Å². The summed E-state index contributed by atoms with van der Waals surface area (Å²) >= 11 is 0. The fourth-order valence-electron chi connectivity index (χ4n) is 0. The van der Waals surface area contributed by atoms with Crippen LogP contribution in [0.4, 0.5) is 4.79 Å². The summed E-state index contributed by atoms with van der Waals surface area (Å²) in [6.45, 7) is 0. The zero-order valence-electron chi connectivity index (χ0n) is 3.21. The average Bonchev–Trinajstić information content (AvgIpc) is 0.811. The first-order valence-corrected chi connectivity index (χ1v) is 0.651. The molecule has 0 bridgehead atoms. The van der Waals surface area contributed by atoms with Crippen LogP contribution in [0.5, 0.6) is 0 Å². The molecule has 0 aromatic heterocycles. The third-order valence-electron chi connectivity index (χ3n) is 0. The Bertz CT molecular complexity index is 33.8. The van der Waals surface area contributed by atoms with E-state index in [1.807, 2.05) is 0 Å². The van der Waals surface area contributed by atoms with Crippen LogP contribution in [0.15, 0.2) is 0 Å². The summed E-state index contributed by atoms with van der Waals surface area (Å²) in [5.74, 6) is 0. The van der Waals surface area contributed by atoms with E-state index in [0.717, 1.165) is 0 Å². The van der Waals surface area contributed by atoms with E-state index in [4.69, 9.17) is 15.0 Å². The van der Waals surface area contributed by atoms with Crippen LogP contribution in [-0.4, -0.2) is 16.4 Å². The van der Waals surface area contributed by atoms with Gasteiger partial charge in [0.05, 0.1) is 0 Å². The molecule has 28 valence electrons. The first-order valence-electron chi connectivity index (χ1n) is 0.651. The van der Waals surface area contributed by atoms with Gasteiger partial charge in [0.1, 0.15) is 0 Å². The summed E-state index contributed by atoms with van der Waals surface area (Å²) < 4.78 is 0. The Kier molecular flexibility index (Phi) is 24.4. The molecule has 0 heterocycles. The summed E-state index contributed by atoms with van der Waals surface area (Å²) in [4.78, 5) is 8.56. The zero-order chi connectivity index (χ0) is 3.58. The number of carbonyl (C=O) groups is 1. The maximum atomic E-state index is 8.56. The van der Waals surface area contributed by atoms with Gasteiger partial charge in [-0.05, 0) is 0 Å². The van der Waals surface area contributed by atoms with Crippen LogP contribution in [0.1, 0.15) is 0 Å². The quantitative estimate of drug-likeness (QED) is 0.324. The van der Waals surface area contributed by atoms with E-state index in [1.165, 1.54) is 0 Å². The van der Waals surface area contributed by atoms with E-state index in [2.05, 4.69) is 0 Å². The van der Waals surface area contributed by atoms with Crippen LogP contribution < -0.4 is 18.9 Å². The predicted octanol–water partition coefficient (Wildman–Crippen LogP) is -2.78. The molecule has 5 heteroatoms. The molecule has 0 saturated carbocycles. The minimum absolute atomic E-state index is 0. The second-order valence-electron chi connectivity index (χ2n) is 0.283. The van der Waals surface area contributed by atoms with Gasteiger partial charge in [-0.2, -0.15) is 0 Å². The second-order valence-corrected chi connectivity index (χ2v) is 0.283. The first-order chi connectivity index (χ1) is 1.73. The topological polar surface area (TPSA) is 57.5 Å². The van der Waals surface area contributed by atoms with Crippen LogP contribution in [0.2, 0.25) is 0 Å². The largest absolute Gasteiger partial charge is 2.00 e. The summed E-state index contributed by atoms with van der Waals surface area (Å²) in [5.41, 5.74) is 0. The van der Waals surface area contributed by atoms with Crippen LogP contribution in [0, 0.1) is 0 Å². The predicted molar refractivity (Wildman–Crippen MR) is 18.0 cm³/mol. The van der Waals surface area contributed by atoms with Gasteiger partial charge in [0, 0.05) is 0 Å². The molecule has 0 aliphatic rings. The summed E-state index contributed by atoms with van der Waals surface area (Å²) in [6.07, 6.45) is -1.83. The molecule has 0 atom stereocenters. The van der Waals surface area contributed by atoms with E-state index in [9.17, 15) is 0 Å². The van der Waals surface area contributed by atoms with Gasteiger partial charge in [0.15, 0.2) is 0 Å². The van der Waals surface area contributed by atoms with Gasteiger partial charge in [-0.25, -0.2) is 4.79 Å². The monoisotopic (exact) mass is 101 g/mol. The molecule has 3 nitrogen and oxygen atoms in total. The van der Waals surface area contributed by atoms with Gasteiger partial charge in [0.2, 0.25) is 0 Å². The average molecular weight is 101 g/mol. The molecule has 0 saturated heterocycles. The Morgan fingerprint density at radius 3 is 1.33 bits per heavy atom. The number of rotatable bonds is 0. The maximum Gasteiger partial charge on any atom is 2.00 e. The van der Waals surface area contributed by atoms with Crippen molar-refractivity contribution >= 4 is 19.7 Å². The Morgan fingerprint density at radius 1 is 1.33 bits per heavy atom. The van der Waals surface area contributed by atoms with Crippen molar-refractivity contribution in [2.75, 3.05) is 0 Å². The van der Waals surface area contributed by atoms with Crippen molar-refractivity contribution in [3.8, 4) is 0 Å². The van der Waals surface area contributed by atoms with Crippen molar-refractivity contribution in [3.05, 3.63) is 0 Å². The molecule has 0 fully saturated rings. The minimum atomic E-state index is -1.83. The third-order valence-corrected chi connectivity index (χ3v) is 0. The van der Waals surface area contributed by atoms with Gasteiger partial charge in [-0.3, -0.25) is 0 Å². The van der Waals surface area contributed by atoms with Crippen molar-refractivity contribution in [1.82, 2.24) is 0 Å². The first kappa shape index (κ1) is 16.3. The number of hydrogen-bond donors (Lipinski definition) is 2. The fraction of sp³-hybridized carbons (Fsp3) is 0. The van der Waals surface area contributed by atoms with Crippen LogP contribution in [0.25, 0.3) is 0 Å². The molecular formula is CH2LiO3S+3. The number of carboxylic acid groups (broad SMARTS) is 2. The molecule has 0 amide bonds. The van der Waals surface area contributed by atoms with Crippen molar-refractivity contribution in [2.45, 2.75) is 0 Å². The van der Waals surface area contributed by atoms with Crippen molar-refractivity contribution in [1.29, 1.82) is 0 Å². The fourth-order valence-corrected chi connectivity index (χ4v) is 0. The minimum Gasteiger partial charge on any atom is -0.450 e. The third kappa shape index (κ3) is 924. The van der Waals surface area contributed by atoms with Crippen molar-refractivity contribution in [3.63, 3.8) is 0 Å². The molecule has 0 aliphatic carbocycles. The molecule has 0 unspecified atom stereocenters. The standard InChI is InChI=1S/CH2O3.Li.S/c2-1(3)4;;/h(H2,2,3,4);;/q;+1;+2. The molecule has 2 N–H and O–H groups in total. The van der Waals surface area contributed by atoms with E-state index in [-0.39, 0.29) is 32.4 Å². The molecule has 0 rings (SSSR count).